The standard InChI is InChI=1S/C11H24O/c1-7-8-11(12,9(2)3)10(4,5)6/h9,12H,7-8H2,1-6H3. The molecule has 0 radical (unpaired) electrons. The third kappa shape index (κ3) is 2.22. The van der Waals surface area contributed by atoms with E-state index in [0.29, 0.717) is 5.92 Å². The van der Waals surface area contributed by atoms with Gasteiger partial charge in [-0.1, -0.05) is 48.0 Å². The van der Waals surface area contributed by atoms with Gasteiger partial charge in [-0.2, -0.15) is 0 Å². The minimum absolute atomic E-state index is 0.0167. The van der Waals surface area contributed by atoms with Gasteiger partial charge in [0.2, 0.25) is 0 Å². The maximum atomic E-state index is 10.4. The van der Waals surface area contributed by atoms with Crippen LogP contribution in [0.1, 0.15) is 54.4 Å². The molecule has 1 heteroatoms. The summed E-state index contributed by atoms with van der Waals surface area (Å²) in [6, 6.07) is 0. The Morgan fingerprint density at radius 2 is 1.58 bits per heavy atom. The number of hydrogen-bond acceptors (Lipinski definition) is 1. The van der Waals surface area contributed by atoms with Crippen molar-refractivity contribution in [3.63, 3.8) is 0 Å². The predicted molar refractivity (Wildman–Crippen MR) is 54.2 cm³/mol. The summed E-state index contributed by atoms with van der Waals surface area (Å²) in [6.07, 6.45) is 1.94. The van der Waals surface area contributed by atoms with Crippen LogP contribution in [-0.4, -0.2) is 10.7 Å². The third-order valence-corrected chi connectivity index (χ3v) is 2.89. The normalized spacial score (nSPS) is 18.0. The van der Waals surface area contributed by atoms with Gasteiger partial charge in [-0.05, 0) is 17.8 Å². The SMILES string of the molecule is CCCC(O)(C(C)C)C(C)(C)C. The first kappa shape index (κ1) is 12.0. The molecule has 0 saturated carbocycles. The smallest absolute Gasteiger partial charge is 0.0718 e. The molecule has 0 amide bonds. The summed E-state index contributed by atoms with van der Waals surface area (Å²) in [6.45, 7) is 12.7. The first-order valence-electron chi connectivity index (χ1n) is 4.98. The summed E-state index contributed by atoms with van der Waals surface area (Å²) < 4.78 is 0. The van der Waals surface area contributed by atoms with Crippen LogP contribution in [0.15, 0.2) is 0 Å². The third-order valence-electron chi connectivity index (χ3n) is 2.89. The zero-order valence-electron chi connectivity index (χ0n) is 9.44. The van der Waals surface area contributed by atoms with E-state index in [1.54, 1.807) is 0 Å². The van der Waals surface area contributed by atoms with Crippen LogP contribution in [-0.2, 0) is 0 Å². The van der Waals surface area contributed by atoms with Crippen LogP contribution in [0.3, 0.4) is 0 Å². The molecule has 0 aromatic heterocycles. The Morgan fingerprint density at radius 1 is 1.17 bits per heavy atom. The Kier molecular flexibility index (Phi) is 3.77. The van der Waals surface area contributed by atoms with Crippen molar-refractivity contribution in [2.75, 3.05) is 0 Å². The second-order valence-corrected chi connectivity index (χ2v) is 5.08. The molecule has 0 aliphatic rings. The summed E-state index contributed by atoms with van der Waals surface area (Å²) in [7, 11) is 0. The molecule has 1 atom stereocenters. The maximum Gasteiger partial charge on any atom is 0.0718 e. The quantitative estimate of drug-likeness (QED) is 0.693. The molecule has 0 aromatic carbocycles. The molecule has 0 rings (SSSR count). The van der Waals surface area contributed by atoms with Gasteiger partial charge in [0, 0.05) is 0 Å². The molecule has 0 saturated heterocycles. The summed E-state index contributed by atoms with van der Waals surface area (Å²) in [5.41, 5.74) is -0.529. The summed E-state index contributed by atoms with van der Waals surface area (Å²) in [5.74, 6) is 0.331. The molecule has 12 heavy (non-hydrogen) atoms. The Balaban J connectivity index is 4.62. The van der Waals surface area contributed by atoms with Crippen molar-refractivity contribution < 1.29 is 5.11 Å². The lowest BCUT2D eigenvalue weighted by Gasteiger charge is -2.43. The van der Waals surface area contributed by atoms with Crippen molar-refractivity contribution >= 4 is 0 Å². The van der Waals surface area contributed by atoms with Crippen molar-refractivity contribution in [2.45, 2.75) is 60.0 Å². The van der Waals surface area contributed by atoms with Crippen LogP contribution >= 0.6 is 0 Å². The first-order chi connectivity index (χ1) is 5.25. The van der Waals surface area contributed by atoms with Gasteiger partial charge in [0.1, 0.15) is 0 Å². The van der Waals surface area contributed by atoms with E-state index in [9.17, 15) is 5.11 Å². The molecule has 1 nitrogen and oxygen atoms in total. The van der Waals surface area contributed by atoms with Crippen molar-refractivity contribution in [2.24, 2.45) is 11.3 Å². The van der Waals surface area contributed by atoms with Gasteiger partial charge >= 0.3 is 0 Å². The molecular weight excluding hydrogens is 148 g/mol. The van der Waals surface area contributed by atoms with Crippen LogP contribution < -0.4 is 0 Å². The van der Waals surface area contributed by atoms with Crippen LogP contribution in [0.2, 0.25) is 0 Å². The molecule has 0 aliphatic carbocycles. The first-order valence-corrected chi connectivity index (χ1v) is 4.98. The molecule has 0 bridgehead atoms. The molecule has 0 aromatic rings. The van der Waals surface area contributed by atoms with E-state index in [0.717, 1.165) is 12.8 Å². The van der Waals surface area contributed by atoms with Crippen molar-refractivity contribution in [3.8, 4) is 0 Å². The fourth-order valence-corrected chi connectivity index (χ4v) is 1.91. The highest BCUT2D eigenvalue weighted by Gasteiger charge is 2.41. The van der Waals surface area contributed by atoms with E-state index in [-0.39, 0.29) is 5.41 Å². The Hall–Kier alpha value is -0.0400. The summed E-state index contributed by atoms with van der Waals surface area (Å²) in [4.78, 5) is 0. The second kappa shape index (κ2) is 3.78. The number of rotatable bonds is 3. The van der Waals surface area contributed by atoms with E-state index < -0.39 is 5.60 Å². The largest absolute Gasteiger partial charge is 0.389 e. The molecule has 0 aliphatic heterocycles. The zero-order valence-corrected chi connectivity index (χ0v) is 9.44. The minimum atomic E-state index is -0.512. The highest BCUT2D eigenvalue weighted by Crippen LogP contribution is 2.39. The average Bonchev–Trinajstić information content (AvgIpc) is 1.85. The lowest BCUT2D eigenvalue weighted by Crippen LogP contribution is -2.47. The van der Waals surface area contributed by atoms with Crippen LogP contribution in [0.5, 0.6) is 0 Å². The van der Waals surface area contributed by atoms with E-state index in [4.69, 9.17) is 0 Å². The monoisotopic (exact) mass is 172 g/mol. The van der Waals surface area contributed by atoms with E-state index >= 15 is 0 Å². The van der Waals surface area contributed by atoms with Crippen molar-refractivity contribution in [1.82, 2.24) is 0 Å². The minimum Gasteiger partial charge on any atom is -0.389 e. The van der Waals surface area contributed by atoms with Gasteiger partial charge < -0.3 is 5.11 Å². The highest BCUT2D eigenvalue weighted by molar-refractivity contribution is 4.92. The lowest BCUT2D eigenvalue weighted by molar-refractivity contribution is -0.101. The van der Waals surface area contributed by atoms with E-state index in [2.05, 4.69) is 41.5 Å². The van der Waals surface area contributed by atoms with Crippen molar-refractivity contribution in [1.29, 1.82) is 0 Å². The fraction of sp³-hybridized carbons (Fsp3) is 1.00. The molecule has 1 N–H and O–H groups in total. The highest BCUT2D eigenvalue weighted by atomic mass is 16.3. The molecule has 0 spiro atoms. The lowest BCUT2D eigenvalue weighted by atomic mass is 9.68. The van der Waals surface area contributed by atoms with E-state index in [1.165, 1.54) is 0 Å². The second-order valence-electron chi connectivity index (χ2n) is 5.08. The number of aliphatic hydroxyl groups is 1. The molecule has 0 heterocycles. The van der Waals surface area contributed by atoms with Crippen LogP contribution in [0.4, 0.5) is 0 Å². The summed E-state index contributed by atoms with van der Waals surface area (Å²) in [5, 5.41) is 10.4. The topological polar surface area (TPSA) is 20.2 Å². The number of hydrogen-bond donors (Lipinski definition) is 1. The molecular formula is C11H24O. The summed E-state index contributed by atoms with van der Waals surface area (Å²) >= 11 is 0. The van der Waals surface area contributed by atoms with Crippen LogP contribution in [0.25, 0.3) is 0 Å². The van der Waals surface area contributed by atoms with Gasteiger partial charge in [0.25, 0.3) is 0 Å². The van der Waals surface area contributed by atoms with Gasteiger partial charge in [-0.3, -0.25) is 0 Å². The maximum absolute atomic E-state index is 10.4. The molecule has 74 valence electrons. The molecule has 0 fully saturated rings. The van der Waals surface area contributed by atoms with Crippen molar-refractivity contribution in [3.05, 3.63) is 0 Å². The van der Waals surface area contributed by atoms with Gasteiger partial charge in [-0.25, -0.2) is 0 Å². The Morgan fingerprint density at radius 3 is 1.67 bits per heavy atom. The average molecular weight is 172 g/mol. The van der Waals surface area contributed by atoms with Crippen LogP contribution in [0, 0.1) is 11.3 Å². The molecule has 1 unspecified atom stereocenters. The van der Waals surface area contributed by atoms with Gasteiger partial charge in [0.05, 0.1) is 5.60 Å². The fourth-order valence-electron chi connectivity index (χ4n) is 1.91. The van der Waals surface area contributed by atoms with E-state index in [1.807, 2.05) is 0 Å². The van der Waals surface area contributed by atoms with Gasteiger partial charge in [-0.15, -0.1) is 0 Å². The Bertz CT molecular complexity index is 132. The predicted octanol–water partition coefficient (Wildman–Crippen LogP) is 3.22. The Labute approximate surface area is 77.2 Å². The zero-order chi connectivity index (χ0) is 9.99. The van der Waals surface area contributed by atoms with Gasteiger partial charge in [0.15, 0.2) is 0 Å².